The molecular weight excluding hydrogens is 278 g/mol. The molecule has 0 spiro atoms. The van der Waals surface area contributed by atoms with Crippen molar-refractivity contribution >= 4 is 11.8 Å². The number of benzene rings is 1. The van der Waals surface area contributed by atoms with E-state index in [1.165, 1.54) is 0 Å². The predicted octanol–water partition coefficient (Wildman–Crippen LogP) is 3.24. The highest BCUT2D eigenvalue weighted by molar-refractivity contribution is 6.09. The van der Waals surface area contributed by atoms with Gasteiger partial charge in [0.05, 0.1) is 11.6 Å². The third-order valence-electron chi connectivity index (χ3n) is 4.32. The molecule has 2 heterocycles. The summed E-state index contributed by atoms with van der Waals surface area (Å²) < 4.78 is 1.86. The van der Waals surface area contributed by atoms with E-state index in [0.29, 0.717) is 18.7 Å². The first-order valence-electron chi connectivity index (χ1n) is 7.68. The van der Waals surface area contributed by atoms with Gasteiger partial charge in [-0.1, -0.05) is 37.6 Å². The van der Waals surface area contributed by atoms with Crippen LogP contribution in [0.3, 0.4) is 0 Å². The second-order valence-corrected chi connectivity index (χ2v) is 5.71. The Labute approximate surface area is 129 Å². The molecule has 0 saturated heterocycles. The second kappa shape index (κ2) is 5.79. The van der Waals surface area contributed by atoms with E-state index >= 15 is 0 Å². The van der Waals surface area contributed by atoms with Crippen molar-refractivity contribution in [3.05, 3.63) is 58.9 Å². The number of carboxylic acid groups (broad SMARTS) is 1. The monoisotopic (exact) mass is 297 g/mol. The largest absolute Gasteiger partial charge is 0.481 e. The molecule has 0 saturated carbocycles. The molecule has 0 amide bonds. The van der Waals surface area contributed by atoms with Gasteiger partial charge in [0.15, 0.2) is 0 Å². The van der Waals surface area contributed by atoms with Gasteiger partial charge in [0, 0.05) is 17.8 Å². The minimum absolute atomic E-state index is 0.0126. The molecule has 4 nitrogen and oxygen atoms in total. The number of fused-ring (bicyclic) bond motifs is 1. The third-order valence-corrected chi connectivity index (χ3v) is 4.32. The van der Waals surface area contributed by atoms with E-state index in [2.05, 4.69) is 6.92 Å². The Morgan fingerprint density at radius 1 is 1.23 bits per heavy atom. The number of rotatable bonds is 5. The van der Waals surface area contributed by atoms with E-state index in [9.17, 15) is 14.7 Å². The van der Waals surface area contributed by atoms with Crippen molar-refractivity contribution in [3.63, 3.8) is 0 Å². The number of carbonyl (C=O) groups excluding carboxylic acids is 1. The highest BCUT2D eigenvalue weighted by Crippen LogP contribution is 2.31. The normalized spacial score (nSPS) is 16.5. The molecule has 0 radical (unpaired) electrons. The predicted molar refractivity (Wildman–Crippen MR) is 83.3 cm³/mol. The van der Waals surface area contributed by atoms with Gasteiger partial charge in [0.25, 0.3) is 0 Å². The summed E-state index contributed by atoms with van der Waals surface area (Å²) in [7, 11) is 0. The number of nitrogens with zero attached hydrogens (tertiary/aromatic N) is 1. The van der Waals surface area contributed by atoms with Crippen molar-refractivity contribution < 1.29 is 14.7 Å². The van der Waals surface area contributed by atoms with Gasteiger partial charge in [-0.2, -0.15) is 0 Å². The Balaban J connectivity index is 1.98. The van der Waals surface area contributed by atoms with Crippen LogP contribution in [-0.2, 0) is 17.8 Å². The van der Waals surface area contributed by atoms with Crippen LogP contribution in [-0.4, -0.2) is 21.4 Å². The maximum absolute atomic E-state index is 12.9. The molecule has 3 rings (SSSR count). The van der Waals surface area contributed by atoms with Crippen LogP contribution in [0.1, 0.15) is 53.0 Å². The zero-order valence-corrected chi connectivity index (χ0v) is 12.6. The third kappa shape index (κ3) is 2.34. The fourth-order valence-electron chi connectivity index (χ4n) is 3.26. The van der Waals surface area contributed by atoms with Crippen LogP contribution in [0.15, 0.2) is 36.4 Å². The molecule has 4 heteroatoms. The van der Waals surface area contributed by atoms with Gasteiger partial charge >= 0.3 is 5.97 Å². The maximum Gasteiger partial charge on any atom is 0.312 e. The smallest absolute Gasteiger partial charge is 0.312 e. The Hall–Kier alpha value is -2.36. The van der Waals surface area contributed by atoms with E-state index in [1.54, 1.807) is 12.1 Å². The lowest BCUT2D eigenvalue weighted by molar-refractivity contribution is -0.138. The van der Waals surface area contributed by atoms with Crippen molar-refractivity contribution in [2.24, 2.45) is 0 Å². The van der Waals surface area contributed by atoms with Crippen molar-refractivity contribution in [2.45, 2.75) is 38.6 Å². The zero-order chi connectivity index (χ0) is 15.7. The van der Waals surface area contributed by atoms with Crippen molar-refractivity contribution in [1.82, 2.24) is 4.57 Å². The van der Waals surface area contributed by atoms with Crippen molar-refractivity contribution in [3.8, 4) is 0 Å². The van der Waals surface area contributed by atoms with Crippen LogP contribution in [0.25, 0.3) is 0 Å². The van der Waals surface area contributed by atoms with E-state index in [-0.39, 0.29) is 5.78 Å². The number of aryl methyl sites for hydroxylation is 1. The lowest BCUT2D eigenvalue weighted by Gasteiger charge is -2.09. The molecule has 1 aromatic carbocycles. The Morgan fingerprint density at radius 3 is 2.73 bits per heavy atom. The zero-order valence-electron chi connectivity index (χ0n) is 12.6. The lowest BCUT2D eigenvalue weighted by atomic mass is 9.98. The molecular formula is C18H19NO3. The summed E-state index contributed by atoms with van der Waals surface area (Å²) in [5.41, 5.74) is 3.12. The van der Waals surface area contributed by atoms with E-state index in [1.807, 2.05) is 28.8 Å². The number of carbonyl (C=O) groups is 2. The van der Waals surface area contributed by atoms with Gasteiger partial charge in [-0.25, -0.2) is 0 Å². The first-order valence-corrected chi connectivity index (χ1v) is 7.68. The van der Waals surface area contributed by atoms with E-state index < -0.39 is 11.9 Å². The molecule has 0 fully saturated rings. The van der Waals surface area contributed by atoms with Gasteiger partial charge in [-0.15, -0.1) is 0 Å². The number of aliphatic carboxylic acids is 1. The summed E-state index contributed by atoms with van der Waals surface area (Å²) in [4.78, 5) is 24.1. The summed E-state index contributed by atoms with van der Waals surface area (Å²) in [6.45, 7) is 2.68. The minimum Gasteiger partial charge on any atom is -0.481 e. The van der Waals surface area contributed by atoms with Crippen molar-refractivity contribution in [2.75, 3.05) is 0 Å². The van der Waals surface area contributed by atoms with E-state index in [4.69, 9.17) is 0 Å². The maximum atomic E-state index is 12.9. The topological polar surface area (TPSA) is 59.3 Å². The summed E-state index contributed by atoms with van der Waals surface area (Å²) in [6.07, 6.45) is 2.41. The van der Waals surface area contributed by atoms with Gasteiger partial charge in [0.2, 0.25) is 5.78 Å². The summed E-state index contributed by atoms with van der Waals surface area (Å²) in [5, 5.41) is 9.24. The second-order valence-electron chi connectivity index (χ2n) is 5.71. The minimum atomic E-state index is -0.817. The molecule has 1 aliphatic rings. The molecule has 1 N–H and O–H groups in total. The van der Waals surface area contributed by atoms with Gasteiger partial charge in [0.1, 0.15) is 0 Å². The van der Waals surface area contributed by atoms with Crippen LogP contribution < -0.4 is 0 Å². The molecule has 22 heavy (non-hydrogen) atoms. The van der Waals surface area contributed by atoms with Gasteiger partial charge in [-0.3, -0.25) is 9.59 Å². The average molecular weight is 297 g/mol. The highest BCUT2D eigenvalue weighted by Gasteiger charge is 2.31. The Kier molecular flexibility index (Phi) is 3.84. The summed E-state index contributed by atoms with van der Waals surface area (Å²) in [6, 6.07) is 11.2. The number of aromatic nitrogens is 1. The number of hydrogen-bond acceptors (Lipinski definition) is 2. The fourth-order valence-corrected chi connectivity index (χ4v) is 3.26. The molecule has 0 bridgehead atoms. The SMILES string of the molecule is CCCc1ccccc1C(=O)c1ccc2n1CCC2C(=O)O. The van der Waals surface area contributed by atoms with Crippen LogP contribution in [0.4, 0.5) is 0 Å². The quantitative estimate of drug-likeness (QED) is 0.862. The highest BCUT2D eigenvalue weighted by atomic mass is 16.4. The molecule has 1 aliphatic heterocycles. The fraction of sp³-hybridized carbons (Fsp3) is 0.333. The molecule has 0 aliphatic carbocycles. The van der Waals surface area contributed by atoms with Crippen LogP contribution in [0, 0.1) is 0 Å². The lowest BCUT2D eigenvalue weighted by Crippen LogP contribution is -2.11. The average Bonchev–Trinajstić information content (AvgIpc) is 3.08. The number of ketones is 1. The standard InChI is InChI=1S/C18H19NO3/c1-2-5-12-6-3-4-7-13(12)17(20)16-9-8-15-14(18(21)22)10-11-19(15)16/h3-4,6-9,14H,2,5,10-11H2,1H3,(H,21,22). The Bertz CT molecular complexity index is 730. The van der Waals surface area contributed by atoms with Crippen LogP contribution in [0.5, 0.6) is 0 Å². The van der Waals surface area contributed by atoms with Gasteiger partial charge < -0.3 is 9.67 Å². The number of hydrogen-bond donors (Lipinski definition) is 1. The van der Waals surface area contributed by atoms with E-state index in [0.717, 1.165) is 29.7 Å². The van der Waals surface area contributed by atoms with Crippen molar-refractivity contribution in [1.29, 1.82) is 0 Å². The molecule has 2 aromatic rings. The van der Waals surface area contributed by atoms with Crippen LogP contribution in [0.2, 0.25) is 0 Å². The number of carboxylic acids is 1. The first-order chi connectivity index (χ1) is 10.6. The Morgan fingerprint density at radius 2 is 2.00 bits per heavy atom. The first kappa shape index (κ1) is 14.6. The summed E-state index contributed by atoms with van der Waals surface area (Å²) in [5.74, 6) is -1.32. The van der Waals surface area contributed by atoms with Gasteiger partial charge in [-0.05, 0) is 30.5 Å². The molecule has 1 unspecified atom stereocenters. The molecule has 1 aromatic heterocycles. The molecule has 114 valence electrons. The van der Waals surface area contributed by atoms with Crippen LogP contribution >= 0.6 is 0 Å². The summed E-state index contributed by atoms with van der Waals surface area (Å²) >= 11 is 0. The molecule has 1 atom stereocenters.